The average molecular weight is 274 g/mol. The zero-order valence-electron chi connectivity index (χ0n) is 12.9. The molecule has 0 radical (unpaired) electrons. The number of amides is 1. The molecule has 0 fully saturated rings. The Bertz CT molecular complexity index is 470. The van der Waals surface area contributed by atoms with Crippen LogP contribution in [0.1, 0.15) is 61.5 Å². The summed E-state index contributed by atoms with van der Waals surface area (Å²) in [6.07, 6.45) is 3.86. The van der Waals surface area contributed by atoms with E-state index >= 15 is 0 Å². The van der Waals surface area contributed by atoms with Crippen molar-refractivity contribution in [2.24, 2.45) is 0 Å². The summed E-state index contributed by atoms with van der Waals surface area (Å²) in [5.74, 6) is 0.0919. The molecule has 0 atom stereocenters. The molecular formula is C17H26N2O. The van der Waals surface area contributed by atoms with E-state index < -0.39 is 0 Å². The van der Waals surface area contributed by atoms with Crippen molar-refractivity contribution in [1.29, 1.82) is 0 Å². The lowest BCUT2D eigenvalue weighted by atomic mass is 9.88. The van der Waals surface area contributed by atoms with Crippen molar-refractivity contribution >= 4 is 5.91 Å². The fraction of sp³-hybridized carbons (Fsp3) is 0.588. The van der Waals surface area contributed by atoms with E-state index in [-0.39, 0.29) is 11.4 Å². The molecule has 3 nitrogen and oxygen atoms in total. The second-order valence-corrected chi connectivity index (χ2v) is 5.67. The Balaban J connectivity index is 2.25. The molecule has 20 heavy (non-hydrogen) atoms. The van der Waals surface area contributed by atoms with Crippen LogP contribution in [0.3, 0.4) is 0 Å². The molecule has 0 aliphatic carbocycles. The quantitative estimate of drug-likeness (QED) is 0.866. The van der Waals surface area contributed by atoms with Crippen molar-refractivity contribution in [2.45, 2.75) is 58.5 Å². The van der Waals surface area contributed by atoms with E-state index in [9.17, 15) is 4.79 Å². The molecule has 1 aromatic rings. The number of fused-ring (bicyclic) bond motifs is 1. The zero-order valence-corrected chi connectivity index (χ0v) is 12.9. The lowest BCUT2D eigenvalue weighted by Crippen LogP contribution is -2.47. The first kappa shape index (κ1) is 15.0. The summed E-state index contributed by atoms with van der Waals surface area (Å²) in [5, 5.41) is 6.64. The van der Waals surface area contributed by atoms with Gasteiger partial charge < -0.3 is 10.6 Å². The first-order valence-electron chi connectivity index (χ1n) is 7.79. The number of hydrogen-bond donors (Lipinski definition) is 2. The number of hydrogen-bond acceptors (Lipinski definition) is 2. The fourth-order valence-electron chi connectivity index (χ4n) is 3.07. The minimum atomic E-state index is -0.0628. The van der Waals surface area contributed by atoms with Crippen LogP contribution >= 0.6 is 0 Å². The normalized spacial score (nSPS) is 14.8. The van der Waals surface area contributed by atoms with Crippen molar-refractivity contribution in [1.82, 2.24) is 10.6 Å². The van der Waals surface area contributed by atoms with Crippen molar-refractivity contribution in [3.05, 3.63) is 34.9 Å². The van der Waals surface area contributed by atoms with Crippen LogP contribution in [-0.4, -0.2) is 18.0 Å². The molecule has 0 bridgehead atoms. The lowest BCUT2D eigenvalue weighted by molar-refractivity contribution is 0.0887. The summed E-state index contributed by atoms with van der Waals surface area (Å²) in [7, 11) is 0. The summed E-state index contributed by atoms with van der Waals surface area (Å²) >= 11 is 0. The highest BCUT2D eigenvalue weighted by Gasteiger charge is 2.27. The molecule has 1 aliphatic rings. The molecule has 1 heterocycles. The van der Waals surface area contributed by atoms with Crippen LogP contribution in [0.25, 0.3) is 0 Å². The topological polar surface area (TPSA) is 41.1 Å². The molecule has 0 saturated carbocycles. The molecule has 0 aromatic heterocycles. The van der Waals surface area contributed by atoms with Gasteiger partial charge in [-0.15, -0.1) is 0 Å². The molecule has 0 spiro atoms. The molecule has 0 saturated heterocycles. The third-order valence-corrected chi connectivity index (χ3v) is 4.79. The second-order valence-electron chi connectivity index (χ2n) is 5.67. The smallest absolute Gasteiger partial charge is 0.251 e. The van der Waals surface area contributed by atoms with Crippen LogP contribution in [-0.2, 0) is 13.0 Å². The van der Waals surface area contributed by atoms with Gasteiger partial charge in [-0.1, -0.05) is 32.9 Å². The van der Waals surface area contributed by atoms with Crippen molar-refractivity contribution in [3.8, 4) is 0 Å². The summed E-state index contributed by atoms with van der Waals surface area (Å²) in [5.41, 5.74) is 3.29. The first-order valence-corrected chi connectivity index (χ1v) is 7.79. The van der Waals surface area contributed by atoms with Crippen molar-refractivity contribution < 1.29 is 4.79 Å². The minimum Gasteiger partial charge on any atom is -0.347 e. The maximum Gasteiger partial charge on any atom is 0.251 e. The number of nitrogens with one attached hydrogen (secondary N) is 2. The molecule has 3 heteroatoms. The molecular weight excluding hydrogens is 248 g/mol. The summed E-state index contributed by atoms with van der Waals surface area (Å²) in [6, 6.07) is 6.07. The van der Waals surface area contributed by atoms with Gasteiger partial charge in [-0.2, -0.15) is 0 Å². The van der Waals surface area contributed by atoms with Crippen LogP contribution in [0, 0.1) is 0 Å². The van der Waals surface area contributed by atoms with Gasteiger partial charge in [0.05, 0.1) is 0 Å². The molecule has 0 unspecified atom stereocenters. The van der Waals surface area contributed by atoms with Crippen molar-refractivity contribution in [3.63, 3.8) is 0 Å². The molecule has 1 amide bonds. The summed E-state index contributed by atoms with van der Waals surface area (Å²) < 4.78 is 0. The van der Waals surface area contributed by atoms with E-state index in [0.717, 1.165) is 44.3 Å². The van der Waals surface area contributed by atoms with Gasteiger partial charge in [0.2, 0.25) is 0 Å². The highest BCUT2D eigenvalue weighted by molar-refractivity contribution is 5.96. The van der Waals surface area contributed by atoms with Crippen LogP contribution in [0.5, 0.6) is 0 Å². The van der Waals surface area contributed by atoms with Crippen LogP contribution in [0.15, 0.2) is 18.2 Å². The lowest BCUT2D eigenvalue weighted by Gasteiger charge is -2.32. The first-order chi connectivity index (χ1) is 9.65. The fourth-order valence-corrected chi connectivity index (χ4v) is 3.07. The molecule has 1 aromatic carbocycles. The molecule has 1 aliphatic heterocycles. The van der Waals surface area contributed by atoms with Gasteiger partial charge in [-0.05, 0) is 49.4 Å². The Morgan fingerprint density at radius 2 is 1.95 bits per heavy atom. The largest absolute Gasteiger partial charge is 0.347 e. The minimum absolute atomic E-state index is 0.0628. The van der Waals surface area contributed by atoms with Crippen LogP contribution in [0.4, 0.5) is 0 Å². The Hall–Kier alpha value is -1.35. The Kier molecular flexibility index (Phi) is 4.81. The van der Waals surface area contributed by atoms with E-state index in [4.69, 9.17) is 0 Å². The maximum absolute atomic E-state index is 12.7. The standard InChI is InChI=1S/C17H26N2O/c1-4-17(5-2,6-3)19-16(20)15-9-7-8-13-12-18-11-10-14(13)15/h7-9,18H,4-6,10-12H2,1-3H3,(H,19,20). The summed E-state index contributed by atoms with van der Waals surface area (Å²) in [4.78, 5) is 12.7. The van der Waals surface area contributed by atoms with Gasteiger partial charge in [0.1, 0.15) is 0 Å². The number of benzene rings is 1. The van der Waals surface area contributed by atoms with E-state index in [1.165, 1.54) is 11.1 Å². The molecule has 110 valence electrons. The zero-order chi connectivity index (χ0) is 14.6. The van der Waals surface area contributed by atoms with Crippen LogP contribution in [0.2, 0.25) is 0 Å². The van der Waals surface area contributed by atoms with Gasteiger partial charge in [0, 0.05) is 17.6 Å². The highest BCUT2D eigenvalue weighted by atomic mass is 16.1. The van der Waals surface area contributed by atoms with Gasteiger partial charge in [-0.25, -0.2) is 0 Å². The van der Waals surface area contributed by atoms with Gasteiger partial charge in [-0.3, -0.25) is 4.79 Å². The average Bonchev–Trinajstić information content (AvgIpc) is 2.52. The van der Waals surface area contributed by atoms with Gasteiger partial charge >= 0.3 is 0 Å². The molecule has 2 N–H and O–H groups in total. The molecule has 2 rings (SSSR count). The predicted molar refractivity (Wildman–Crippen MR) is 82.9 cm³/mol. The van der Waals surface area contributed by atoms with E-state index in [0.29, 0.717) is 0 Å². The van der Waals surface area contributed by atoms with E-state index in [2.05, 4.69) is 37.5 Å². The summed E-state index contributed by atoms with van der Waals surface area (Å²) in [6.45, 7) is 8.28. The third-order valence-electron chi connectivity index (χ3n) is 4.79. The predicted octanol–water partition coefficient (Wildman–Crippen LogP) is 3.03. The third kappa shape index (κ3) is 2.88. The monoisotopic (exact) mass is 274 g/mol. The van der Waals surface area contributed by atoms with Gasteiger partial charge in [0.15, 0.2) is 0 Å². The van der Waals surface area contributed by atoms with Gasteiger partial charge in [0.25, 0.3) is 5.91 Å². The van der Waals surface area contributed by atoms with E-state index in [1.54, 1.807) is 0 Å². The van der Waals surface area contributed by atoms with Crippen LogP contribution < -0.4 is 10.6 Å². The Morgan fingerprint density at radius 3 is 2.60 bits per heavy atom. The SMILES string of the molecule is CCC(CC)(CC)NC(=O)c1cccc2c1CCNC2. The highest BCUT2D eigenvalue weighted by Crippen LogP contribution is 2.23. The maximum atomic E-state index is 12.7. The number of rotatable bonds is 5. The number of carbonyl (C=O) groups is 1. The number of carbonyl (C=O) groups excluding carboxylic acids is 1. The second kappa shape index (κ2) is 6.40. The van der Waals surface area contributed by atoms with E-state index in [1.807, 2.05) is 12.1 Å². The Labute approximate surface area is 122 Å². The van der Waals surface area contributed by atoms with Crippen molar-refractivity contribution in [2.75, 3.05) is 6.54 Å². The Morgan fingerprint density at radius 1 is 1.25 bits per heavy atom.